The number of hydrogen-bond acceptors (Lipinski definition) is 0. The summed E-state index contributed by atoms with van der Waals surface area (Å²) in [6, 6.07) is 17.9. The first-order valence-corrected chi connectivity index (χ1v) is 9.34. The van der Waals surface area contributed by atoms with Crippen molar-refractivity contribution in [2.75, 3.05) is 0 Å². The molecule has 2 aliphatic carbocycles. The van der Waals surface area contributed by atoms with Gasteiger partial charge in [0.25, 0.3) is 0 Å². The fourth-order valence-electron chi connectivity index (χ4n) is 4.12. The van der Waals surface area contributed by atoms with Gasteiger partial charge in [0.2, 0.25) is 0 Å². The molecule has 0 bridgehead atoms. The lowest BCUT2D eigenvalue weighted by Crippen LogP contribution is -1.84. The molecule has 0 heteroatoms. The van der Waals surface area contributed by atoms with Gasteiger partial charge in [0, 0.05) is 0 Å². The van der Waals surface area contributed by atoms with Crippen molar-refractivity contribution in [2.24, 2.45) is 0 Å². The highest BCUT2D eigenvalue weighted by molar-refractivity contribution is 6.07. The molecule has 0 heterocycles. The molecule has 0 radical (unpaired) electrons. The third-order valence-corrected chi connectivity index (χ3v) is 5.39. The number of fused-ring (bicyclic) bond motifs is 6. The van der Waals surface area contributed by atoms with E-state index in [0.717, 1.165) is 11.1 Å². The number of aryl methyl sites for hydroxylation is 2. The van der Waals surface area contributed by atoms with E-state index in [1.165, 1.54) is 55.6 Å². The van der Waals surface area contributed by atoms with Crippen LogP contribution in [0.4, 0.5) is 0 Å². The van der Waals surface area contributed by atoms with Gasteiger partial charge in [0.15, 0.2) is 0 Å². The Kier molecular flexibility index (Phi) is 4.70. The van der Waals surface area contributed by atoms with Crippen LogP contribution in [0.3, 0.4) is 0 Å². The predicted molar refractivity (Wildman–Crippen MR) is 121 cm³/mol. The molecule has 0 atom stereocenters. The second-order valence-electron chi connectivity index (χ2n) is 7.00. The first kappa shape index (κ1) is 18.9. The van der Waals surface area contributed by atoms with Gasteiger partial charge < -0.3 is 0 Å². The molecule has 136 valence electrons. The van der Waals surface area contributed by atoms with Gasteiger partial charge in [-0.2, -0.15) is 0 Å². The van der Waals surface area contributed by atoms with E-state index in [0.29, 0.717) is 0 Å². The smallest absolute Gasteiger partial charge is 0.00926 e. The van der Waals surface area contributed by atoms with Crippen molar-refractivity contribution in [3.05, 3.63) is 95.1 Å². The Bertz CT molecular complexity index is 1000. The van der Waals surface area contributed by atoms with Crippen molar-refractivity contribution in [2.45, 2.75) is 35.1 Å². The molecule has 0 aromatic heterocycles. The summed E-state index contributed by atoms with van der Waals surface area (Å²) < 4.78 is 0. The van der Waals surface area contributed by atoms with E-state index in [9.17, 15) is 0 Å². The van der Waals surface area contributed by atoms with E-state index in [-0.39, 0.29) is 7.43 Å². The van der Waals surface area contributed by atoms with Crippen molar-refractivity contribution in [1.82, 2.24) is 0 Å². The molecule has 27 heavy (non-hydrogen) atoms. The molecular formula is C27H28. The van der Waals surface area contributed by atoms with Crippen LogP contribution in [-0.4, -0.2) is 0 Å². The van der Waals surface area contributed by atoms with Crippen LogP contribution in [-0.2, 0) is 0 Å². The van der Waals surface area contributed by atoms with Crippen LogP contribution in [0, 0.1) is 13.8 Å². The minimum absolute atomic E-state index is 0. The highest BCUT2D eigenvalue weighted by Crippen LogP contribution is 2.51. The molecule has 0 fully saturated rings. The van der Waals surface area contributed by atoms with Gasteiger partial charge in [-0.1, -0.05) is 82.0 Å². The average molecular weight is 353 g/mol. The van der Waals surface area contributed by atoms with Gasteiger partial charge in [-0.05, 0) is 81.6 Å². The van der Waals surface area contributed by atoms with Crippen LogP contribution in [0.15, 0.2) is 61.7 Å². The molecule has 0 spiro atoms. The lowest BCUT2D eigenvalue weighted by Gasteiger charge is -2.07. The fourth-order valence-corrected chi connectivity index (χ4v) is 4.12. The highest BCUT2D eigenvalue weighted by atomic mass is 14.3. The summed E-state index contributed by atoms with van der Waals surface area (Å²) in [5.41, 5.74) is 15.1. The maximum Gasteiger partial charge on any atom is -0.00926 e. The second kappa shape index (κ2) is 6.70. The summed E-state index contributed by atoms with van der Waals surface area (Å²) >= 11 is 0. The first-order chi connectivity index (χ1) is 12.5. The SMILES string of the molecule is C.C=C1c2cc(C)ccc2-c2cc3c(cc21)-c1ccc(C)cc1C3=C.CC. The Morgan fingerprint density at radius 2 is 0.815 bits per heavy atom. The summed E-state index contributed by atoms with van der Waals surface area (Å²) in [6.07, 6.45) is 0. The second-order valence-corrected chi connectivity index (χ2v) is 7.00. The monoisotopic (exact) mass is 352 g/mol. The Hall–Kier alpha value is -2.86. The normalized spacial score (nSPS) is 12.3. The van der Waals surface area contributed by atoms with E-state index in [4.69, 9.17) is 0 Å². The Balaban J connectivity index is 0.000000680. The maximum absolute atomic E-state index is 4.37. The van der Waals surface area contributed by atoms with Crippen LogP contribution >= 0.6 is 0 Å². The third kappa shape index (κ3) is 2.59. The zero-order valence-electron chi connectivity index (χ0n) is 16.0. The Morgan fingerprint density at radius 1 is 0.481 bits per heavy atom. The fraction of sp³-hybridized carbons (Fsp3) is 0.185. The summed E-state index contributed by atoms with van der Waals surface area (Å²) in [5, 5.41) is 0. The van der Waals surface area contributed by atoms with Crippen LogP contribution in [0.25, 0.3) is 33.4 Å². The topological polar surface area (TPSA) is 0 Å². The third-order valence-electron chi connectivity index (χ3n) is 5.39. The van der Waals surface area contributed by atoms with Gasteiger partial charge in [0.05, 0.1) is 0 Å². The Labute approximate surface area is 163 Å². The van der Waals surface area contributed by atoms with Crippen molar-refractivity contribution < 1.29 is 0 Å². The van der Waals surface area contributed by atoms with Gasteiger partial charge in [-0.25, -0.2) is 0 Å². The predicted octanol–water partition coefficient (Wildman–Crippen LogP) is 8.05. The number of hydrogen-bond donors (Lipinski definition) is 0. The average Bonchev–Trinajstić information content (AvgIpc) is 3.08. The molecular weight excluding hydrogens is 324 g/mol. The molecule has 0 aliphatic heterocycles. The summed E-state index contributed by atoms with van der Waals surface area (Å²) in [5.74, 6) is 0. The molecule has 0 nitrogen and oxygen atoms in total. The zero-order chi connectivity index (χ0) is 18.6. The molecule has 0 N–H and O–H groups in total. The quantitative estimate of drug-likeness (QED) is 0.264. The molecule has 0 amide bonds. The maximum atomic E-state index is 4.37. The first-order valence-electron chi connectivity index (χ1n) is 9.34. The largest absolute Gasteiger partial charge is 0.0905 e. The Morgan fingerprint density at radius 3 is 1.19 bits per heavy atom. The minimum Gasteiger partial charge on any atom is -0.0905 e. The van der Waals surface area contributed by atoms with Crippen molar-refractivity contribution in [1.29, 1.82) is 0 Å². The lowest BCUT2D eigenvalue weighted by molar-refractivity contribution is 1.46. The zero-order valence-corrected chi connectivity index (χ0v) is 16.0. The van der Waals surface area contributed by atoms with Crippen molar-refractivity contribution >= 4 is 11.1 Å². The molecule has 0 saturated carbocycles. The van der Waals surface area contributed by atoms with E-state index in [2.05, 4.69) is 75.5 Å². The van der Waals surface area contributed by atoms with Gasteiger partial charge in [-0.3, -0.25) is 0 Å². The van der Waals surface area contributed by atoms with E-state index in [1.54, 1.807) is 0 Å². The standard InChI is InChI=1S/C24H18.C2H6.CH4/c1-13-5-7-17-19(9-13)15(3)21-11-24-18-8-6-14(2)10-20(18)16(4)22(24)12-23(17)21;1-2;/h5-12H,3-4H2,1-2H3;1-2H3;1H4. The number of rotatable bonds is 0. The van der Waals surface area contributed by atoms with Crippen LogP contribution in [0.2, 0.25) is 0 Å². The molecule has 2 aliphatic rings. The molecule has 0 unspecified atom stereocenters. The molecule has 3 aromatic rings. The van der Waals surface area contributed by atoms with Crippen LogP contribution in [0.1, 0.15) is 54.7 Å². The van der Waals surface area contributed by atoms with Gasteiger partial charge in [0.1, 0.15) is 0 Å². The van der Waals surface area contributed by atoms with Gasteiger partial charge >= 0.3 is 0 Å². The highest BCUT2D eigenvalue weighted by Gasteiger charge is 2.28. The number of benzene rings is 3. The van der Waals surface area contributed by atoms with Gasteiger partial charge in [-0.15, -0.1) is 0 Å². The van der Waals surface area contributed by atoms with Crippen molar-refractivity contribution in [3.63, 3.8) is 0 Å². The molecule has 0 saturated heterocycles. The molecule has 5 rings (SSSR count). The van der Waals surface area contributed by atoms with E-state index >= 15 is 0 Å². The minimum atomic E-state index is 0. The summed E-state index contributed by atoms with van der Waals surface area (Å²) in [7, 11) is 0. The lowest BCUT2D eigenvalue weighted by atomic mass is 9.96. The van der Waals surface area contributed by atoms with E-state index in [1.807, 2.05) is 13.8 Å². The molecule has 3 aromatic carbocycles. The van der Waals surface area contributed by atoms with Crippen LogP contribution < -0.4 is 0 Å². The summed E-state index contributed by atoms with van der Waals surface area (Å²) in [4.78, 5) is 0. The summed E-state index contributed by atoms with van der Waals surface area (Å²) in [6.45, 7) is 17.0. The van der Waals surface area contributed by atoms with Crippen molar-refractivity contribution in [3.8, 4) is 22.3 Å². The van der Waals surface area contributed by atoms with E-state index < -0.39 is 0 Å². The van der Waals surface area contributed by atoms with Crippen LogP contribution in [0.5, 0.6) is 0 Å².